The van der Waals surface area contributed by atoms with E-state index in [1.165, 1.54) is 0 Å². The summed E-state index contributed by atoms with van der Waals surface area (Å²) in [4.78, 5) is 14.5. The highest BCUT2D eigenvalue weighted by Gasteiger charge is 2.35. The number of nitrogens with zero attached hydrogens (tertiary/aromatic N) is 6. The molecule has 4 atom stereocenters. The number of nitriles is 2. The van der Waals surface area contributed by atoms with Crippen molar-refractivity contribution in [3.8, 4) is 12.1 Å². The molecule has 2 aliphatic carbocycles. The molecule has 3 aliphatic rings. The van der Waals surface area contributed by atoms with Gasteiger partial charge in [-0.15, -0.1) is 0 Å². The molecule has 6 heteroatoms. The van der Waals surface area contributed by atoms with Crippen LogP contribution in [0.15, 0.2) is 186 Å². The van der Waals surface area contributed by atoms with Crippen LogP contribution in [0.3, 0.4) is 0 Å². The lowest BCUT2D eigenvalue weighted by Gasteiger charge is -2.38. The molecule has 0 N–H and O–H groups in total. The highest BCUT2D eigenvalue weighted by atomic mass is 15.3. The summed E-state index contributed by atoms with van der Waals surface area (Å²) in [6, 6.07) is 49.3. The van der Waals surface area contributed by atoms with Crippen molar-refractivity contribution in [2.24, 2.45) is 16.8 Å². The normalized spacial score (nSPS) is 20.1. The van der Waals surface area contributed by atoms with Crippen LogP contribution in [0.4, 0.5) is 17.2 Å². The highest BCUT2D eigenvalue weighted by Crippen LogP contribution is 2.47. The van der Waals surface area contributed by atoms with Gasteiger partial charge in [-0.1, -0.05) is 128 Å². The van der Waals surface area contributed by atoms with E-state index < -0.39 is 0 Å². The maximum atomic E-state index is 10.8. The molecule has 6 aromatic carbocycles. The summed E-state index contributed by atoms with van der Waals surface area (Å²) in [5, 5.41) is 28.3. The molecule has 0 saturated carbocycles. The average molecular weight is 761 g/mol. The number of allylic oxidation sites excluding steroid dienone is 7. The Morgan fingerprint density at radius 2 is 1.36 bits per heavy atom. The van der Waals surface area contributed by atoms with Crippen molar-refractivity contribution >= 4 is 66.9 Å². The van der Waals surface area contributed by atoms with Crippen LogP contribution in [0.25, 0.3) is 43.5 Å². The molecule has 6 nitrogen and oxygen atoms in total. The molecule has 1 aromatic heterocycles. The minimum absolute atomic E-state index is 0.0102. The Balaban J connectivity index is 1.16. The van der Waals surface area contributed by atoms with Gasteiger partial charge in [0, 0.05) is 41.2 Å². The van der Waals surface area contributed by atoms with Gasteiger partial charge in [-0.2, -0.15) is 10.5 Å². The van der Waals surface area contributed by atoms with Gasteiger partial charge in [0.15, 0.2) is 0 Å². The molecular formula is C53H40N6. The molecule has 59 heavy (non-hydrogen) atoms. The van der Waals surface area contributed by atoms with Gasteiger partial charge in [-0.3, -0.25) is 4.99 Å². The molecule has 0 radical (unpaired) electrons. The number of aliphatic imine (C=N–C) groups is 1. The first kappa shape index (κ1) is 35.8. The molecule has 0 saturated heterocycles. The van der Waals surface area contributed by atoms with Crippen LogP contribution >= 0.6 is 0 Å². The van der Waals surface area contributed by atoms with Gasteiger partial charge in [0.1, 0.15) is 12.0 Å². The molecular weight excluding hydrogens is 721 g/mol. The fraction of sp³-hybridized carbons (Fsp3) is 0.132. The molecule has 2 heterocycles. The van der Waals surface area contributed by atoms with Gasteiger partial charge in [-0.05, 0) is 92.7 Å². The third-order valence-corrected chi connectivity index (χ3v) is 12.1. The molecule has 0 fully saturated rings. The summed E-state index contributed by atoms with van der Waals surface area (Å²) < 4.78 is 0. The molecule has 7 aromatic rings. The van der Waals surface area contributed by atoms with Gasteiger partial charge >= 0.3 is 0 Å². The predicted octanol–water partition coefficient (Wildman–Crippen LogP) is 12.3. The van der Waals surface area contributed by atoms with Crippen molar-refractivity contribution in [3.05, 3.63) is 192 Å². The standard InChI is InChI=1S/C53H40N6/c1-35-30-41(37-14-6-3-7-15-37)32-43(34-55)53(35)59(50-17-9-11-29-57-50)48-27-21-39-18-23-44-47(26-20-38-19-24-45(48)52(39)51(38)44)58(49-16-8-10-28-56-49)46-25-22-40(31-42(46)33-54)36-12-4-2-5-13-36/h2-15,17-30,32,35,42,49,53H,16,31H2,1H3. The Kier molecular flexibility index (Phi) is 9.16. The SMILES string of the molecule is CC1C=C(c2ccccc2)C=C(C#N)C1N(c1ccccn1)c1ccc2ccc3c(N(C4=CC=C(c5ccccc5)CC4C#N)C4CC=CC=N4)ccc4ccc1c2c43. The number of hydrogen-bond donors (Lipinski definition) is 0. The van der Waals surface area contributed by atoms with Gasteiger partial charge in [0.25, 0.3) is 0 Å². The minimum Gasteiger partial charge on any atom is -0.320 e. The van der Waals surface area contributed by atoms with Gasteiger partial charge in [0.05, 0.1) is 41.0 Å². The summed E-state index contributed by atoms with van der Waals surface area (Å²) in [5.41, 5.74) is 8.09. The van der Waals surface area contributed by atoms with Crippen LogP contribution in [-0.2, 0) is 0 Å². The van der Waals surface area contributed by atoms with Crippen LogP contribution in [-0.4, -0.2) is 23.4 Å². The van der Waals surface area contributed by atoms with E-state index in [0.717, 1.165) is 83.9 Å². The van der Waals surface area contributed by atoms with Crippen LogP contribution in [0.1, 0.15) is 30.9 Å². The molecule has 1 aliphatic heterocycles. The second kappa shape index (κ2) is 15.1. The van der Waals surface area contributed by atoms with Crippen molar-refractivity contribution in [2.45, 2.75) is 32.0 Å². The van der Waals surface area contributed by atoms with E-state index in [1.54, 1.807) is 0 Å². The van der Waals surface area contributed by atoms with Gasteiger partial charge in [0.2, 0.25) is 0 Å². The Hall–Kier alpha value is -7.54. The number of benzene rings is 6. The maximum absolute atomic E-state index is 10.8. The Bertz CT molecular complexity index is 3000. The lowest BCUT2D eigenvalue weighted by molar-refractivity contribution is 0.593. The van der Waals surface area contributed by atoms with Crippen LogP contribution < -0.4 is 9.80 Å². The third kappa shape index (κ3) is 6.27. The number of anilines is 3. The third-order valence-electron chi connectivity index (χ3n) is 12.1. The molecule has 4 unspecified atom stereocenters. The van der Waals surface area contributed by atoms with Crippen molar-refractivity contribution in [3.63, 3.8) is 0 Å². The topological polar surface area (TPSA) is 79.3 Å². The van der Waals surface area contributed by atoms with Gasteiger partial charge in [-0.25, -0.2) is 4.98 Å². The smallest absolute Gasteiger partial charge is 0.133 e. The number of pyridine rings is 1. The monoisotopic (exact) mass is 760 g/mol. The van der Waals surface area contributed by atoms with Crippen molar-refractivity contribution in [1.29, 1.82) is 10.5 Å². The number of dihydropyridines is 1. The first-order valence-corrected chi connectivity index (χ1v) is 20.2. The zero-order valence-electron chi connectivity index (χ0n) is 32.7. The fourth-order valence-corrected chi connectivity index (χ4v) is 9.38. The van der Waals surface area contributed by atoms with E-state index in [0.29, 0.717) is 12.0 Å². The Morgan fingerprint density at radius 1 is 0.695 bits per heavy atom. The average Bonchev–Trinajstić information content (AvgIpc) is 3.30. The van der Waals surface area contributed by atoms with Crippen LogP contribution in [0, 0.1) is 34.5 Å². The molecule has 0 bridgehead atoms. The van der Waals surface area contributed by atoms with Crippen molar-refractivity contribution < 1.29 is 0 Å². The molecule has 0 spiro atoms. The lowest BCUT2D eigenvalue weighted by atomic mass is 9.83. The van der Waals surface area contributed by atoms with E-state index in [2.05, 4.69) is 126 Å². The van der Waals surface area contributed by atoms with E-state index in [9.17, 15) is 10.5 Å². The zero-order valence-corrected chi connectivity index (χ0v) is 32.7. The maximum Gasteiger partial charge on any atom is 0.133 e. The summed E-state index contributed by atoms with van der Waals surface area (Å²) in [5.74, 6) is 0.413. The highest BCUT2D eigenvalue weighted by molar-refractivity contribution is 6.27. The molecule has 282 valence electrons. The van der Waals surface area contributed by atoms with Gasteiger partial charge < -0.3 is 9.80 Å². The Morgan fingerprint density at radius 3 is 1.98 bits per heavy atom. The summed E-state index contributed by atoms with van der Waals surface area (Å²) in [7, 11) is 0. The Labute approximate surface area is 344 Å². The van der Waals surface area contributed by atoms with E-state index >= 15 is 0 Å². The second-order valence-electron chi connectivity index (χ2n) is 15.5. The van der Waals surface area contributed by atoms with E-state index in [-0.39, 0.29) is 24.0 Å². The minimum atomic E-state index is -0.357. The molecule has 0 amide bonds. The predicted molar refractivity (Wildman–Crippen MR) is 242 cm³/mol. The largest absolute Gasteiger partial charge is 0.320 e. The molecule has 10 rings (SSSR count). The number of hydrogen-bond acceptors (Lipinski definition) is 6. The first-order valence-electron chi connectivity index (χ1n) is 20.2. The fourth-order valence-electron chi connectivity index (χ4n) is 9.38. The van der Waals surface area contributed by atoms with E-state index in [1.807, 2.05) is 79.2 Å². The summed E-state index contributed by atoms with van der Waals surface area (Å²) in [6.45, 7) is 2.19. The summed E-state index contributed by atoms with van der Waals surface area (Å²) in [6.07, 6.45) is 17.6. The summed E-state index contributed by atoms with van der Waals surface area (Å²) >= 11 is 0. The van der Waals surface area contributed by atoms with Crippen LogP contribution in [0.2, 0.25) is 0 Å². The van der Waals surface area contributed by atoms with E-state index in [4.69, 9.17) is 9.98 Å². The van der Waals surface area contributed by atoms with Crippen molar-refractivity contribution in [1.82, 2.24) is 4.98 Å². The van der Waals surface area contributed by atoms with Crippen LogP contribution in [0.5, 0.6) is 0 Å². The number of rotatable bonds is 8. The second-order valence-corrected chi connectivity index (χ2v) is 15.5. The quantitative estimate of drug-likeness (QED) is 0.144. The first-order chi connectivity index (χ1) is 29.1. The van der Waals surface area contributed by atoms with Crippen molar-refractivity contribution in [2.75, 3.05) is 9.80 Å². The zero-order chi connectivity index (χ0) is 39.9. The lowest BCUT2D eigenvalue weighted by Crippen LogP contribution is -2.39. The number of aromatic nitrogens is 1.